The summed E-state index contributed by atoms with van der Waals surface area (Å²) >= 11 is 3.45. The van der Waals surface area contributed by atoms with Gasteiger partial charge in [0, 0.05) is 34.2 Å². The molecule has 0 aliphatic heterocycles. The van der Waals surface area contributed by atoms with E-state index in [9.17, 15) is 0 Å². The average molecular weight is 383 g/mol. The molecule has 0 fully saturated rings. The number of para-hydroxylation sites is 1. The molecule has 1 heterocycles. The van der Waals surface area contributed by atoms with Crippen molar-refractivity contribution in [3.05, 3.63) is 70.8 Å². The Bertz CT molecular complexity index is 803. The molecule has 1 N–H and O–H groups in total. The fraction of sp³-hybridized carbons (Fsp3) is 0.158. The van der Waals surface area contributed by atoms with Gasteiger partial charge in [-0.15, -0.1) is 0 Å². The summed E-state index contributed by atoms with van der Waals surface area (Å²) in [6.07, 6.45) is 0. The van der Waals surface area contributed by atoms with E-state index in [0.717, 1.165) is 33.9 Å². The molecule has 0 saturated carbocycles. The van der Waals surface area contributed by atoms with Gasteiger partial charge in [-0.2, -0.15) is 4.98 Å². The van der Waals surface area contributed by atoms with Crippen LogP contribution < -0.4 is 10.2 Å². The zero-order valence-electron chi connectivity index (χ0n) is 13.7. The highest BCUT2D eigenvalue weighted by atomic mass is 79.9. The summed E-state index contributed by atoms with van der Waals surface area (Å²) in [4.78, 5) is 11.4. The van der Waals surface area contributed by atoms with Crippen LogP contribution in [0.2, 0.25) is 0 Å². The lowest BCUT2D eigenvalue weighted by molar-refractivity contribution is 0.936. The molecular weight excluding hydrogens is 364 g/mol. The number of hydrogen-bond donors (Lipinski definition) is 1. The molecule has 5 heteroatoms. The molecule has 0 spiro atoms. The first kappa shape index (κ1) is 16.5. The van der Waals surface area contributed by atoms with E-state index in [-0.39, 0.29) is 0 Å². The second kappa shape index (κ2) is 7.45. The second-order valence-electron chi connectivity index (χ2n) is 5.41. The maximum Gasteiger partial charge on any atom is 0.232 e. The highest BCUT2D eigenvalue weighted by Crippen LogP contribution is 2.24. The number of aryl methyl sites for hydroxylation is 1. The van der Waals surface area contributed by atoms with E-state index in [1.54, 1.807) is 0 Å². The number of anilines is 4. The van der Waals surface area contributed by atoms with E-state index in [0.29, 0.717) is 5.95 Å². The summed E-state index contributed by atoms with van der Waals surface area (Å²) < 4.78 is 1.05. The summed E-state index contributed by atoms with van der Waals surface area (Å²) in [5.74, 6) is 1.48. The molecule has 1 aromatic heterocycles. The summed E-state index contributed by atoms with van der Waals surface area (Å²) in [7, 11) is 0. The molecule has 122 valence electrons. The van der Waals surface area contributed by atoms with Gasteiger partial charge in [0.25, 0.3) is 0 Å². The Kier molecular flexibility index (Phi) is 5.11. The molecule has 0 saturated heterocycles. The Labute approximate surface area is 150 Å². The Morgan fingerprint density at radius 3 is 2.38 bits per heavy atom. The number of nitrogens with one attached hydrogen (secondary N) is 1. The van der Waals surface area contributed by atoms with E-state index < -0.39 is 0 Å². The van der Waals surface area contributed by atoms with Crippen LogP contribution in [-0.4, -0.2) is 16.5 Å². The monoisotopic (exact) mass is 382 g/mol. The standard InChI is InChI=1S/C19H19BrN4/c1-3-24(17-7-5-4-6-8-17)19-21-14(2)13-18(23-19)22-16-11-9-15(20)10-12-16/h4-13H,3H2,1-2H3,(H,21,22,23). The molecule has 0 radical (unpaired) electrons. The quantitative estimate of drug-likeness (QED) is 0.636. The fourth-order valence-corrected chi connectivity index (χ4v) is 2.73. The maximum absolute atomic E-state index is 4.69. The maximum atomic E-state index is 4.69. The fourth-order valence-electron chi connectivity index (χ4n) is 2.47. The number of benzene rings is 2. The first-order valence-corrected chi connectivity index (χ1v) is 8.66. The van der Waals surface area contributed by atoms with Crippen LogP contribution in [0.1, 0.15) is 12.6 Å². The Morgan fingerprint density at radius 1 is 1.00 bits per heavy atom. The van der Waals surface area contributed by atoms with Crippen LogP contribution in [0.15, 0.2) is 65.1 Å². The number of rotatable bonds is 5. The van der Waals surface area contributed by atoms with Crippen molar-refractivity contribution in [2.75, 3.05) is 16.8 Å². The second-order valence-corrected chi connectivity index (χ2v) is 6.32. The molecule has 3 rings (SSSR count). The van der Waals surface area contributed by atoms with Gasteiger partial charge in [-0.1, -0.05) is 34.1 Å². The Hall–Kier alpha value is -2.40. The molecule has 4 nitrogen and oxygen atoms in total. The van der Waals surface area contributed by atoms with Gasteiger partial charge in [-0.3, -0.25) is 0 Å². The van der Waals surface area contributed by atoms with Crippen molar-refractivity contribution in [3.8, 4) is 0 Å². The third-order valence-electron chi connectivity index (χ3n) is 3.58. The van der Waals surface area contributed by atoms with Gasteiger partial charge >= 0.3 is 0 Å². The SMILES string of the molecule is CCN(c1ccccc1)c1nc(C)cc(Nc2ccc(Br)cc2)n1. The normalized spacial score (nSPS) is 10.5. The summed E-state index contributed by atoms with van der Waals surface area (Å²) in [5.41, 5.74) is 3.00. The Morgan fingerprint density at radius 2 is 1.71 bits per heavy atom. The number of hydrogen-bond acceptors (Lipinski definition) is 4. The lowest BCUT2D eigenvalue weighted by atomic mass is 10.3. The molecule has 2 aromatic carbocycles. The largest absolute Gasteiger partial charge is 0.340 e. The lowest BCUT2D eigenvalue weighted by Gasteiger charge is -2.22. The number of halogens is 1. The topological polar surface area (TPSA) is 41.1 Å². The number of nitrogens with zero attached hydrogens (tertiary/aromatic N) is 3. The van der Waals surface area contributed by atoms with Gasteiger partial charge < -0.3 is 10.2 Å². The highest BCUT2D eigenvalue weighted by molar-refractivity contribution is 9.10. The molecular formula is C19H19BrN4. The van der Waals surface area contributed by atoms with E-state index in [4.69, 9.17) is 4.98 Å². The van der Waals surface area contributed by atoms with Crippen LogP contribution in [-0.2, 0) is 0 Å². The van der Waals surface area contributed by atoms with Crippen molar-refractivity contribution >= 4 is 39.1 Å². The Balaban J connectivity index is 1.92. The predicted octanol–water partition coefficient (Wildman–Crippen LogP) is 5.45. The van der Waals surface area contributed by atoms with Crippen molar-refractivity contribution in [2.24, 2.45) is 0 Å². The summed E-state index contributed by atoms with van der Waals surface area (Å²) in [6, 6.07) is 20.2. The van der Waals surface area contributed by atoms with E-state index >= 15 is 0 Å². The lowest BCUT2D eigenvalue weighted by Crippen LogP contribution is -2.19. The van der Waals surface area contributed by atoms with Crippen molar-refractivity contribution in [2.45, 2.75) is 13.8 Å². The molecule has 0 amide bonds. The zero-order valence-corrected chi connectivity index (χ0v) is 15.3. The van der Waals surface area contributed by atoms with Crippen LogP contribution in [0.4, 0.5) is 23.1 Å². The van der Waals surface area contributed by atoms with Gasteiger partial charge in [0.2, 0.25) is 5.95 Å². The molecule has 0 bridgehead atoms. The van der Waals surface area contributed by atoms with Crippen molar-refractivity contribution in [3.63, 3.8) is 0 Å². The van der Waals surface area contributed by atoms with Crippen molar-refractivity contribution in [1.82, 2.24) is 9.97 Å². The molecule has 24 heavy (non-hydrogen) atoms. The van der Waals surface area contributed by atoms with E-state index in [1.807, 2.05) is 55.5 Å². The third kappa shape index (κ3) is 3.92. The van der Waals surface area contributed by atoms with Crippen LogP contribution >= 0.6 is 15.9 Å². The van der Waals surface area contributed by atoms with Crippen LogP contribution in [0.5, 0.6) is 0 Å². The predicted molar refractivity (Wildman–Crippen MR) is 103 cm³/mol. The van der Waals surface area contributed by atoms with Crippen molar-refractivity contribution < 1.29 is 0 Å². The van der Waals surface area contributed by atoms with Crippen LogP contribution in [0.3, 0.4) is 0 Å². The minimum absolute atomic E-state index is 0.698. The van der Waals surface area contributed by atoms with E-state index in [2.05, 4.69) is 50.2 Å². The molecule has 0 atom stereocenters. The molecule has 0 aliphatic carbocycles. The molecule has 3 aromatic rings. The average Bonchev–Trinajstić information content (AvgIpc) is 2.58. The van der Waals surface area contributed by atoms with Gasteiger partial charge in [0.15, 0.2) is 0 Å². The highest BCUT2D eigenvalue weighted by Gasteiger charge is 2.12. The summed E-state index contributed by atoms with van der Waals surface area (Å²) in [5, 5.41) is 3.34. The first-order chi connectivity index (χ1) is 11.7. The zero-order chi connectivity index (χ0) is 16.9. The third-order valence-corrected chi connectivity index (χ3v) is 4.11. The minimum Gasteiger partial charge on any atom is -0.340 e. The molecule has 0 unspecified atom stereocenters. The number of aromatic nitrogens is 2. The van der Waals surface area contributed by atoms with Gasteiger partial charge in [-0.05, 0) is 50.2 Å². The summed E-state index contributed by atoms with van der Waals surface area (Å²) in [6.45, 7) is 4.88. The first-order valence-electron chi connectivity index (χ1n) is 7.86. The van der Waals surface area contributed by atoms with Crippen molar-refractivity contribution in [1.29, 1.82) is 0 Å². The minimum atomic E-state index is 0.698. The van der Waals surface area contributed by atoms with Crippen LogP contribution in [0, 0.1) is 6.92 Å². The van der Waals surface area contributed by atoms with Gasteiger partial charge in [0.1, 0.15) is 5.82 Å². The van der Waals surface area contributed by atoms with Gasteiger partial charge in [0.05, 0.1) is 0 Å². The smallest absolute Gasteiger partial charge is 0.232 e. The molecule has 0 aliphatic rings. The van der Waals surface area contributed by atoms with Gasteiger partial charge in [-0.25, -0.2) is 4.98 Å². The van der Waals surface area contributed by atoms with E-state index in [1.165, 1.54) is 0 Å². The van der Waals surface area contributed by atoms with Crippen LogP contribution in [0.25, 0.3) is 0 Å².